The van der Waals surface area contributed by atoms with E-state index in [-0.39, 0.29) is 5.91 Å². The van der Waals surface area contributed by atoms with Crippen LogP contribution in [0.25, 0.3) is 0 Å². The molecule has 23 heavy (non-hydrogen) atoms. The van der Waals surface area contributed by atoms with E-state index < -0.39 is 5.82 Å². The molecule has 0 unspecified atom stereocenters. The molecule has 1 heterocycles. The third-order valence-corrected chi connectivity index (χ3v) is 4.71. The quantitative estimate of drug-likeness (QED) is 0.831. The van der Waals surface area contributed by atoms with Crippen LogP contribution in [0.3, 0.4) is 0 Å². The molecule has 1 aliphatic rings. The average molecular weight is 377 g/mol. The predicted octanol–water partition coefficient (Wildman–Crippen LogP) is 4.83. The summed E-state index contributed by atoms with van der Waals surface area (Å²) in [6.07, 6.45) is 3.58. The summed E-state index contributed by atoms with van der Waals surface area (Å²) in [7, 11) is 0. The van der Waals surface area contributed by atoms with E-state index in [4.69, 9.17) is 0 Å². The van der Waals surface area contributed by atoms with Gasteiger partial charge in [-0.25, -0.2) is 4.39 Å². The lowest BCUT2D eigenvalue weighted by molar-refractivity contribution is 0.102. The van der Waals surface area contributed by atoms with Crippen LogP contribution in [0.1, 0.15) is 29.6 Å². The number of hydrogen-bond acceptors (Lipinski definition) is 2. The van der Waals surface area contributed by atoms with Gasteiger partial charge in [-0.05, 0) is 65.5 Å². The van der Waals surface area contributed by atoms with Crippen molar-refractivity contribution in [2.75, 3.05) is 23.3 Å². The van der Waals surface area contributed by atoms with Crippen molar-refractivity contribution >= 4 is 33.2 Å². The number of carbonyl (C=O) groups is 1. The molecule has 1 amide bonds. The van der Waals surface area contributed by atoms with Crippen molar-refractivity contribution in [3.8, 4) is 0 Å². The zero-order valence-corrected chi connectivity index (χ0v) is 14.3. The second kappa shape index (κ2) is 7.13. The topological polar surface area (TPSA) is 32.3 Å². The standard InChI is InChI=1S/C18H18BrFN2O/c19-15-9-8-13(20)12-14(15)18(23)21-16-6-2-3-7-17(16)22-10-4-1-5-11-22/h2-3,6-9,12H,1,4-5,10-11H2,(H,21,23). The van der Waals surface area contributed by atoms with E-state index in [0.717, 1.165) is 37.3 Å². The third-order valence-electron chi connectivity index (χ3n) is 4.02. The van der Waals surface area contributed by atoms with Crippen molar-refractivity contribution in [1.29, 1.82) is 0 Å². The van der Waals surface area contributed by atoms with E-state index in [1.807, 2.05) is 24.3 Å². The molecule has 3 rings (SSSR count). The number of para-hydroxylation sites is 2. The van der Waals surface area contributed by atoms with E-state index in [0.29, 0.717) is 10.0 Å². The van der Waals surface area contributed by atoms with Gasteiger partial charge in [0, 0.05) is 17.6 Å². The van der Waals surface area contributed by atoms with Gasteiger partial charge in [0.1, 0.15) is 5.82 Å². The number of hydrogen-bond donors (Lipinski definition) is 1. The fourth-order valence-corrected chi connectivity index (χ4v) is 3.28. The average Bonchev–Trinajstić information content (AvgIpc) is 2.58. The SMILES string of the molecule is O=C(Nc1ccccc1N1CCCCC1)c1cc(F)ccc1Br. The van der Waals surface area contributed by atoms with Crippen molar-refractivity contribution in [3.05, 3.63) is 58.3 Å². The third kappa shape index (κ3) is 3.72. The molecule has 0 radical (unpaired) electrons. The number of anilines is 2. The van der Waals surface area contributed by atoms with Gasteiger partial charge in [-0.3, -0.25) is 4.79 Å². The molecule has 0 bridgehead atoms. The lowest BCUT2D eigenvalue weighted by Gasteiger charge is -2.30. The van der Waals surface area contributed by atoms with Gasteiger partial charge in [-0.2, -0.15) is 0 Å². The van der Waals surface area contributed by atoms with Gasteiger partial charge in [-0.1, -0.05) is 12.1 Å². The molecule has 3 nitrogen and oxygen atoms in total. The Hall–Kier alpha value is -1.88. The highest BCUT2D eigenvalue weighted by molar-refractivity contribution is 9.10. The van der Waals surface area contributed by atoms with Crippen LogP contribution < -0.4 is 10.2 Å². The van der Waals surface area contributed by atoms with Gasteiger partial charge >= 0.3 is 0 Å². The highest BCUT2D eigenvalue weighted by Gasteiger charge is 2.17. The molecule has 2 aromatic carbocycles. The molecule has 0 atom stereocenters. The minimum absolute atomic E-state index is 0.290. The highest BCUT2D eigenvalue weighted by Crippen LogP contribution is 2.29. The molecule has 0 aliphatic carbocycles. The molecule has 1 N–H and O–H groups in total. The maximum atomic E-state index is 13.4. The second-order valence-electron chi connectivity index (χ2n) is 5.64. The Kier molecular flexibility index (Phi) is 4.96. The predicted molar refractivity (Wildman–Crippen MR) is 94.6 cm³/mol. The van der Waals surface area contributed by atoms with Gasteiger partial charge in [0.25, 0.3) is 5.91 Å². The minimum Gasteiger partial charge on any atom is -0.370 e. The van der Waals surface area contributed by atoms with E-state index in [1.54, 1.807) is 6.07 Å². The van der Waals surface area contributed by atoms with E-state index in [9.17, 15) is 9.18 Å². The van der Waals surface area contributed by atoms with E-state index in [2.05, 4.69) is 26.1 Å². The minimum atomic E-state index is -0.428. The van der Waals surface area contributed by atoms with Gasteiger partial charge in [0.05, 0.1) is 16.9 Å². The van der Waals surface area contributed by atoms with Crippen molar-refractivity contribution in [3.63, 3.8) is 0 Å². The van der Waals surface area contributed by atoms with Crippen molar-refractivity contribution in [1.82, 2.24) is 0 Å². The van der Waals surface area contributed by atoms with Crippen molar-refractivity contribution < 1.29 is 9.18 Å². The van der Waals surface area contributed by atoms with Crippen LogP contribution >= 0.6 is 15.9 Å². The zero-order valence-electron chi connectivity index (χ0n) is 12.7. The summed E-state index contributed by atoms with van der Waals surface area (Å²) in [5.41, 5.74) is 2.07. The van der Waals surface area contributed by atoms with Gasteiger partial charge < -0.3 is 10.2 Å². The number of carbonyl (C=O) groups excluding carboxylic acids is 1. The largest absolute Gasteiger partial charge is 0.370 e. The van der Waals surface area contributed by atoms with Crippen LogP contribution in [-0.2, 0) is 0 Å². The van der Waals surface area contributed by atoms with E-state index in [1.165, 1.54) is 18.6 Å². The fourth-order valence-electron chi connectivity index (χ4n) is 2.85. The first-order valence-corrected chi connectivity index (χ1v) is 8.55. The summed E-state index contributed by atoms with van der Waals surface area (Å²) in [5.74, 6) is -0.747. The fraction of sp³-hybridized carbons (Fsp3) is 0.278. The molecule has 0 aromatic heterocycles. The number of amides is 1. The monoisotopic (exact) mass is 376 g/mol. The van der Waals surface area contributed by atoms with Gasteiger partial charge in [-0.15, -0.1) is 0 Å². The number of nitrogens with zero attached hydrogens (tertiary/aromatic N) is 1. The summed E-state index contributed by atoms with van der Waals surface area (Å²) in [6.45, 7) is 1.99. The maximum Gasteiger partial charge on any atom is 0.256 e. The summed E-state index contributed by atoms with van der Waals surface area (Å²) in [5, 5.41) is 2.91. The van der Waals surface area contributed by atoms with Crippen molar-refractivity contribution in [2.45, 2.75) is 19.3 Å². The first-order valence-electron chi connectivity index (χ1n) is 7.75. The molecule has 1 fully saturated rings. The Morgan fingerprint density at radius 1 is 1.09 bits per heavy atom. The van der Waals surface area contributed by atoms with Crippen LogP contribution in [0.2, 0.25) is 0 Å². The number of benzene rings is 2. The molecule has 1 aliphatic heterocycles. The zero-order chi connectivity index (χ0) is 16.2. The molecule has 5 heteroatoms. The second-order valence-corrected chi connectivity index (χ2v) is 6.50. The Bertz CT molecular complexity index is 714. The lowest BCUT2D eigenvalue weighted by atomic mass is 10.1. The smallest absolute Gasteiger partial charge is 0.256 e. The molecule has 2 aromatic rings. The Balaban J connectivity index is 1.85. The summed E-state index contributed by atoms with van der Waals surface area (Å²) in [6, 6.07) is 11.9. The van der Waals surface area contributed by atoms with Gasteiger partial charge in [0.2, 0.25) is 0 Å². The van der Waals surface area contributed by atoms with Crippen LogP contribution in [0, 0.1) is 5.82 Å². The van der Waals surface area contributed by atoms with Crippen LogP contribution in [-0.4, -0.2) is 19.0 Å². The van der Waals surface area contributed by atoms with Crippen LogP contribution in [0.5, 0.6) is 0 Å². The van der Waals surface area contributed by atoms with Crippen LogP contribution in [0.4, 0.5) is 15.8 Å². The Morgan fingerprint density at radius 2 is 1.83 bits per heavy atom. The van der Waals surface area contributed by atoms with Crippen molar-refractivity contribution in [2.24, 2.45) is 0 Å². The molecular formula is C18H18BrFN2O. The van der Waals surface area contributed by atoms with Crippen LogP contribution in [0.15, 0.2) is 46.9 Å². The van der Waals surface area contributed by atoms with E-state index >= 15 is 0 Å². The van der Waals surface area contributed by atoms with Gasteiger partial charge in [0.15, 0.2) is 0 Å². The number of halogens is 2. The number of nitrogens with one attached hydrogen (secondary N) is 1. The normalized spacial score (nSPS) is 14.6. The highest BCUT2D eigenvalue weighted by atomic mass is 79.9. The first-order chi connectivity index (χ1) is 11.1. The molecule has 120 valence electrons. The summed E-state index contributed by atoms with van der Waals surface area (Å²) in [4.78, 5) is 14.8. The molecular weight excluding hydrogens is 359 g/mol. The maximum absolute atomic E-state index is 13.4. The summed E-state index contributed by atoms with van der Waals surface area (Å²) >= 11 is 3.30. The Morgan fingerprint density at radius 3 is 2.61 bits per heavy atom. The molecule has 1 saturated heterocycles. The number of piperidine rings is 1. The first kappa shape index (κ1) is 16.0. The number of rotatable bonds is 3. The molecule has 0 spiro atoms. The summed E-state index contributed by atoms with van der Waals surface area (Å²) < 4.78 is 14.0. The lowest BCUT2D eigenvalue weighted by Crippen LogP contribution is -2.30. The molecule has 0 saturated carbocycles. The Labute approximate surface area is 143 Å².